The maximum atomic E-state index is 4.58. The summed E-state index contributed by atoms with van der Waals surface area (Å²) in [5.41, 5.74) is 1.15. The van der Waals surface area contributed by atoms with Crippen molar-refractivity contribution in [3.63, 3.8) is 0 Å². The molecule has 1 unspecified atom stereocenters. The van der Waals surface area contributed by atoms with Crippen molar-refractivity contribution in [2.24, 2.45) is 11.8 Å². The van der Waals surface area contributed by atoms with Crippen LogP contribution in [0.1, 0.15) is 63.2 Å². The van der Waals surface area contributed by atoms with Crippen LogP contribution in [0.25, 0.3) is 0 Å². The molecule has 1 saturated carbocycles. The zero-order chi connectivity index (χ0) is 13.1. The zero-order valence-corrected chi connectivity index (χ0v) is 12.9. The van der Waals surface area contributed by atoms with Crippen LogP contribution < -0.4 is 5.32 Å². The average Bonchev–Trinajstić information content (AvgIpc) is 2.76. The summed E-state index contributed by atoms with van der Waals surface area (Å²) in [6.45, 7) is 9.03. The third-order valence-corrected chi connectivity index (χ3v) is 5.35. The fourth-order valence-electron chi connectivity index (χ4n) is 2.95. The summed E-state index contributed by atoms with van der Waals surface area (Å²) in [6, 6.07) is 1.10. The average molecular weight is 266 g/mol. The second-order valence-electron chi connectivity index (χ2n) is 6.07. The molecule has 0 aromatic carbocycles. The Morgan fingerprint density at radius 3 is 2.39 bits per heavy atom. The lowest BCUT2D eigenvalue weighted by molar-refractivity contribution is 0.231. The van der Waals surface area contributed by atoms with Crippen LogP contribution in [0, 0.1) is 18.8 Å². The highest BCUT2D eigenvalue weighted by Gasteiger charge is 2.24. The first-order chi connectivity index (χ1) is 8.56. The number of nitrogens with zero attached hydrogens (tertiary/aromatic N) is 1. The summed E-state index contributed by atoms with van der Waals surface area (Å²) < 4.78 is 0. The lowest BCUT2D eigenvalue weighted by Crippen LogP contribution is -2.35. The Balaban J connectivity index is 1.81. The molecule has 1 N–H and O–H groups in total. The smallest absolute Gasteiger partial charge is 0.110 e. The minimum absolute atomic E-state index is 0.407. The highest BCUT2D eigenvalue weighted by atomic mass is 32.1. The Bertz CT molecular complexity index is 364. The molecule has 0 amide bonds. The van der Waals surface area contributed by atoms with Crippen molar-refractivity contribution in [2.45, 2.75) is 65.5 Å². The Labute approximate surface area is 115 Å². The van der Waals surface area contributed by atoms with Gasteiger partial charge in [0.05, 0.1) is 6.04 Å². The predicted molar refractivity (Wildman–Crippen MR) is 79.0 cm³/mol. The van der Waals surface area contributed by atoms with E-state index in [1.165, 1.54) is 30.7 Å². The van der Waals surface area contributed by atoms with E-state index in [1.807, 2.05) is 0 Å². The quantitative estimate of drug-likeness (QED) is 0.878. The third-order valence-electron chi connectivity index (χ3n) is 4.21. The first-order valence-electron chi connectivity index (χ1n) is 7.24. The predicted octanol–water partition coefficient (Wildman–Crippen LogP) is 4.32. The molecule has 1 fully saturated rings. The normalized spacial score (nSPS) is 26.5. The Morgan fingerprint density at radius 2 is 1.89 bits per heavy atom. The lowest BCUT2D eigenvalue weighted by atomic mass is 9.79. The number of hydrogen-bond acceptors (Lipinski definition) is 3. The molecule has 18 heavy (non-hydrogen) atoms. The van der Waals surface area contributed by atoms with E-state index in [0.29, 0.717) is 12.1 Å². The van der Waals surface area contributed by atoms with E-state index in [4.69, 9.17) is 0 Å². The van der Waals surface area contributed by atoms with E-state index in [1.54, 1.807) is 11.3 Å². The molecule has 0 spiro atoms. The van der Waals surface area contributed by atoms with Gasteiger partial charge in [0.2, 0.25) is 0 Å². The van der Waals surface area contributed by atoms with Crippen molar-refractivity contribution in [2.75, 3.05) is 0 Å². The lowest BCUT2D eigenvalue weighted by Gasteiger charge is -2.32. The number of aromatic nitrogens is 1. The van der Waals surface area contributed by atoms with Crippen molar-refractivity contribution < 1.29 is 0 Å². The molecule has 102 valence electrons. The number of thiazole rings is 1. The molecule has 2 rings (SSSR count). The fraction of sp³-hybridized carbons (Fsp3) is 0.800. The van der Waals surface area contributed by atoms with Gasteiger partial charge >= 0.3 is 0 Å². The molecule has 1 atom stereocenters. The summed E-state index contributed by atoms with van der Waals surface area (Å²) >= 11 is 1.78. The molecular weight excluding hydrogens is 240 g/mol. The van der Waals surface area contributed by atoms with E-state index in [0.717, 1.165) is 17.5 Å². The molecule has 0 radical (unpaired) electrons. The van der Waals surface area contributed by atoms with Crippen LogP contribution in [0.2, 0.25) is 0 Å². The van der Waals surface area contributed by atoms with Crippen LogP contribution in [0.3, 0.4) is 0 Å². The highest BCUT2D eigenvalue weighted by Crippen LogP contribution is 2.31. The van der Waals surface area contributed by atoms with E-state index < -0.39 is 0 Å². The van der Waals surface area contributed by atoms with E-state index in [9.17, 15) is 0 Å². The summed E-state index contributed by atoms with van der Waals surface area (Å²) in [5, 5.41) is 7.13. The highest BCUT2D eigenvalue weighted by molar-refractivity contribution is 7.09. The molecule has 2 nitrogen and oxygen atoms in total. The van der Waals surface area contributed by atoms with Crippen LogP contribution in [-0.2, 0) is 0 Å². The second kappa shape index (κ2) is 6.16. The van der Waals surface area contributed by atoms with Crippen molar-refractivity contribution in [1.82, 2.24) is 10.3 Å². The molecule has 1 aliphatic carbocycles. The monoisotopic (exact) mass is 266 g/mol. The van der Waals surface area contributed by atoms with Crippen molar-refractivity contribution >= 4 is 11.3 Å². The minimum atomic E-state index is 0.407. The van der Waals surface area contributed by atoms with Gasteiger partial charge in [0.15, 0.2) is 0 Å². The van der Waals surface area contributed by atoms with Crippen molar-refractivity contribution in [3.8, 4) is 0 Å². The summed E-state index contributed by atoms with van der Waals surface area (Å²) in [5.74, 6) is 1.80. The standard InChI is InChI=1S/C15H26N2S/c1-10(2)13-5-7-14(8-6-13)17-12(4)15-16-11(3)9-18-15/h9-10,12-14,17H,5-8H2,1-4H3. The molecule has 1 aromatic rings. The Hall–Kier alpha value is -0.410. The van der Waals surface area contributed by atoms with Gasteiger partial charge in [-0.15, -0.1) is 11.3 Å². The summed E-state index contributed by atoms with van der Waals surface area (Å²) in [4.78, 5) is 4.58. The Kier molecular flexibility index (Phi) is 4.79. The molecule has 0 saturated heterocycles. The summed E-state index contributed by atoms with van der Waals surface area (Å²) in [6.07, 6.45) is 5.44. The van der Waals surface area contributed by atoms with Gasteiger partial charge in [0.25, 0.3) is 0 Å². The van der Waals surface area contributed by atoms with Gasteiger partial charge in [-0.25, -0.2) is 4.98 Å². The van der Waals surface area contributed by atoms with Gasteiger partial charge in [0, 0.05) is 17.1 Å². The second-order valence-corrected chi connectivity index (χ2v) is 6.96. The third kappa shape index (κ3) is 3.55. The van der Waals surface area contributed by atoms with Crippen LogP contribution >= 0.6 is 11.3 Å². The molecule has 1 aromatic heterocycles. The van der Waals surface area contributed by atoms with Crippen LogP contribution in [-0.4, -0.2) is 11.0 Å². The van der Waals surface area contributed by atoms with Gasteiger partial charge in [-0.3, -0.25) is 0 Å². The van der Waals surface area contributed by atoms with Gasteiger partial charge < -0.3 is 5.32 Å². The van der Waals surface area contributed by atoms with Gasteiger partial charge in [-0.2, -0.15) is 0 Å². The van der Waals surface area contributed by atoms with Gasteiger partial charge in [-0.1, -0.05) is 13.8 Å². The molecule has 1 aliphatic rings. The summed E-state index contributed by atoms with van der Waals surface area (Å²) in [7, 11) is 0. The topological polar surface area (TPSA) is 24.9 Å². The molecule has 0 aliphatic heterocycles. The maximum Gasteiger partial charge on any atom is 0.110 e. The number of aryl methyl sites for hydroxylation is 1. The molecule has 1 heterocycles. The number of rotatable bonds is 4. The first kappa shape index (κ1) is 14.0. The minimum Gasteiger partial charge on any atom is -0.305 e. The van der Waals surface area contributed by atoms with Crippen molar-refractivity contribution in [3.05, 3.63) is 16.1 Å². The largest absolute Gasteiger partial charge is 0.305 e. The zero-order valence-electron chi connectivity index (χ0n) is 12.1. The SMILES string of the molecule is Cc1csc(C(C)NC2CCC(C(C)C)CC2)n1. The first-order valence-corrected chi connectivity index (χ1v) is 8.12. The molecular formula is C15H26N2S. The van der Waals surface area contributed by atoms with Crippen LogP contribution in [0.4, 0.5) is 0 Å². The fourth-order valence-corrected chi connectivity index (χ4v) is 3.76. The van der Waals surface area contributed by atoms with Gasteiger partial charge in [0.1, 0.15) is 5.01 Å². The number of hydrogen-bond donors (Lipinski definition) is 1. The van der Waals surface area contributed by atoms with Crippen LogP contribution in [0.15, 0.2) is 5.38 Å². The van der Waals surface area contributed by atoms with Crippen molar-refractivity contribution in [1.29, 1.82) is 0 Å². The maximum absolute atomic E-state index is 4.58. The van der Waals surface area contributed by atoms with E-state index >= 15 is 0 Å². The number of nitrogens with one attached hydrogen (secondary N) is 1. The van der Waals surface area contributed by atoms with E-state index in [-0.39, 0.29) is 0 Å². The van der Waals surface area contributed by atoms with Crippen LogP contribution in [0.5, 0.6) is 0 Å². The molecule has 3 heteroatoms. The Morgan fingerprint density at radius 1 is 1.22 bits per heavy atom. The van der Waals surface area contributed by atoms with Gasteiger partial charge in [-0.05, 0) is 51.4 Å². The van der Waals surface area contributed by atoms with E-state index in [2.05, 4.69) is 43.4 Å². The molecule has 0 bridgehead atoms.